The first-order valence-corrected chi connectivity index (χ1v) is 17.7. The van der Waals surface area contributed by atoms with Crippen LogP contribution in [0.3, 0.4) is 0 Å². The Bertz CT molecular complexity index is 2520. The third-order valence-electron chi connectivity index (χ3n) is 9.74. The van der Waals surface area contributed by atoms with Crippen molar-refractivity contribution in [3.05, 3.63) is 201 Å². The molecular weight excluding hydrogens is 689 g/mol. The molecule has 0 saturated heterocycles. The van der Waals surface area contributed by atoms with E-state index in [2.05, 4.69) is 10.6 Å². The van der Waals surface area contributed by atoms with Gasteiger partial charge in [-0.05, 0) is 23.3 Å². The number of benzene rings is 6. The Morgan fingerprint density at radius 1 is 0.382 bits per heavy atom. The highest BCUT2D eigenvalue weighted by molar-refractivity contribution is 6.31. The van der Waals surface area contributed by atoms with Crippen LogP contribution in [0.4, 0.5) is 29.2 Å². The summed E-state index contributed by atoms with van der Waals surface area (Å²) in [6, 6.07) is 43.5. The number of nitrogens with one attached hydrogen (secondary N) is 2. The molecule has 0 saturated carbocycles. The first-order valence-electron chi connectivity index (χ1n) is 17.7. The largest absolute Gasteiger partial charge is 0.332 e. The van der Waals surface area contributed by atoms with Crippen LogP contribution in [0.15, 0.2) is 146 Å². The van der Waals surface area contributed by atoms with E-state index in [-0.39, 0.29) is 57.3 Å². The molecule has 1 aromatic heterocycles. The average molecular weight is 719 g/mol. The zero-order valence-corrected chi connectivity index (χ0v) is 29.2. The van der Waals surface area contributed by atoms with Crippen molar-refractivity contribution in [3.63, 3.8) is 0 Å². The van der Waals surface area contributed by atoms with Crippen molar-refractivity contribution >= 4 is 52.4 Å². The van der Waals surface area contributed by atoms with Crippen LogP contribution < -0.4 is 15.5 Å². The summed E-state index contributed by atoms with van der Waals surface area (Å²) < 4.78 is 0. The number of carbonyl (C=O) groups is 4. The molecule has 10 nitrogen and oxygen atoms in total. The SMILES string of the molecule is O=C1c2ccccc2C(=O)c2c(Nc3nc(Nc4cccc5c4C(=O)c4ccccc4C5=O)nc(N(Cc4ccccc4)Cc4ccccc4)n3)cccc21. The number of ketones is 4. The van der Waals surface area contributed by atoms with E-state index in [0.717, 1.165) is 11.1 Å². The molecule has 0 spiro atoms. The van der Waals surface area contributed by atoms with Gasteiger partial charge in [0.1, 0.15) is 0 Å². The van der Waals surface area contributed by atoms with Crippen LogP contribution in [0, 0.1) is 0 Å². The standard InChI is InChI=1S/C45H30N6O4/c52-39-29-17-7-9-19-31(29)41(54)37-33(39)21-11-23-35(37)46-43-48-44(47-36-24-12-22-34-38(36)42(55)32-20-10-8-18-30(32)40(34)53)50-45(49-43)51(25-27-13-3-1-4-14-27)26-28-15-5-2-6-16-28/h1-24H,25-26H2,(H2,46,47,48,49,50). The maximum Gasteiger partial charge on any atom is 0.233 e. The molecule has 10 heteroatoms. The van der Waals surface area contributed by atoms with Crippen molar-refractivity contribution in [2.45, 2.75) is 13.1 Å². The molecule has 6 aromatic carbocycles. The van der Waals surface area contributed by atoms with E-state index in [1.807, 2.05) is 65.6 Å². The van der Waals surface area contributed by atoms with Gasteiger partial charge in [-0.1, -0.05) is 133 Å². The minimum Gasteiger partial charge on any atom is -0.332 e. The zero-order valence-electron chi connectivity index (χ0n) is 29.2. The van der Waals surface area contributed by atoms with E-state index in [0.29, 0.717) is 52.7 Å². The molecule has 264 valence electrons. The number of aromatic nitrogens is 3. The first-order chi connectivity index (χ1) is 26.9. The van der Waals surface area contributed by atoms with E-state index in [1.165, 1.54) is 0 Å². The lowest BCUT2D eigenvalue weighted by Gasteiger charge is -2.25. The summed E-state index contributed by atoms with van der Waals surface area (Å²) in [4.78, 5) is 71.4. The average Bonchev–Trinajstić information content (AvgIpc) is 3.22. The molecule has 0 fully saturated rings. The van der Waals surface area contributed by atoms with Gasteiger partial charge in [-0.25, -0.2) is 0 Å². The number of hydrogen-bond acceptors (Lipinski definition) is 10. The lowest BCUT2D eigenvalue weighted by Crippen LogP contribution is -2.26. The Balaban J connectivity index is 1.16. The molecule has 0 bridgehead atoms. The fourth-order valence-corrected chi connectivity index (χ4v) is 7.16. The smallest absolute Gasteiger partial charge is 0.233 e. The van der Waals surface area contributed by atoms with Crippen LogP contribution in [0.2, 0.25) is 0 Å². The van der Waals surface area contributed by atoms with Gasteiger partial charge in [-0.3, -0.25) is 19.2 Å². The normalized spacial score (nSPS) is 12.7. The van der Waals surface area contributed by atoms with Crippen molar-refractivity contribution in [2.75, 3.05) is 15.5 Å². The van der Waals surface area contributed by atoms with Gasteiger partial charge in [0, 0.05) is 46.5 Å². The van der Waals surface area contributed by atoms with Gasteiger partial charge in [0.25, 0.3) is 0 Å². The molecule has 9 rings (SSSR count). The highest BCUT2D eigenvalue weighted by atomic mass is 16.1. The fraction of sp³-hybridized carbons (Fsp3) is 0.0444. The number of nitrogens with zero attached hydrogens (tertiary/aromatic N) is 4. The monoisotopic (exact) mass is 718 g/mol. The van der Waals surface area contributed by atoms with Crippen molar-refractivity contribution < 1.29 is 19.2 Å². The Hall–Kier alpha value is -7.59. The van der Waals surface area contributed by atoms with Gasteiger partial charge in [-0.15, -0.1) is 0 Å². The maximum atomic E-state index is 13.9. The molecule has 2 aliphatic carbocycles. The third-order valence-corrected chi connectivity index (χ3v) is 9.74. The zero-order chi connectivity index (χ0) is 37.5. The van der Waals surface area contributed by atoms with Gasteiger partial charge in [0.15, 0.2) is 23.1 Å². The molecule has 0 amide bonds. The van der Waals surface area contributed by atoms with E-state index < -0.39 is 0 Å². The molecule has 55 heavy (non-hydrogen) atoms. The summed E-state index contributed by atoms with van der Waals surface area (Å²) in [6.07, 6.45) is 0. The second-order valence-electron chi connectivity index (χ2n) is 13.2. The summed E-state index contributed by atoms with van der Waals surface area (Å²) in [7, 11) is 0. The second kappa shape index (κ2) is 13.8. The van der Waals surface area contributed by atoms with E-state index in [1.54, 1.807) is 84.9 Å². The van der Waals surface area contributed by atoms with Crippen molar-refractivity contribution in [1.29, 1.82) is 0 Å². The lowest BCUT2D eigenvalue weighted by molar-refractivity contribution is 0.0979. The Morgan fingerprint density at radius 3 is 1.16 bits per heavy atom. The topological polar surface area (TPSA) is 134 Å². The summed E-state index contributed by atoms with van der Waals surface area (Å²) in [6.45, 7) is 0.876. The van der Waals surface area contributed by atoms with Crippen molar-refractivity contribution in [1.82, 2.24) is 15.0 Å². The number of hydrogen-bond donors (Lipinski definition) is 2. The van der Waals surface area contributed by atoms with Crippen LogP contribution in [0.5, 0.6) is 0 Å². The maximum absolute atomic E-state index is 13.9. The number of anilines is 5. The van der Waals surface area contributed by atoms with Crippen LogP contribution in [0.1, 0.15) is 74.8 Å². The number of carbonyl (C=O) groups excluding carboxylic acids is 4. The first kappa shape index (κ1) is 33.3. The molecule has 0 unspecified atom stereocenters. The minimum atomic E-state index is -0.296. The van der Waals surface area contributed by atoms with Gasteiger partial charge in [0.2, 0.25) is 17.8 Å². The van der Waals surface area contributed by atoms with Crippen LogP contribution in [-0.4, -0.2) is 38.1 Å². The lowest BCUT2D eigenvalue weighted by atomic mass is 9.83. The van der Waals surface area contributed by atoms with Crippen molar-refractivity contribution in [3.8, 4) is 0 Å². The quantitative estimate of drug-likeness (QED) is 0.151. The predicted molar refractivity (Wildman–Crippen MR) is 209 cm³/mol. The Labute approximate surface area is 315 Å². The highest BCUT2D eigenvalue weighted by Crippen LogP contribution is 2.35. The Kier molecular flexibility index (Phi) is 8.32. The van der Waals surface area contributed by atoms with Crippen LogP contribution in [-0.2, 0) is 13.1 Å². The highest BCUT2D eigenvalue weighted by Gasteiger charge is 2.33. The van der Waals surface area contributed by atoms with E-state index in [4.69, 9.17) is 15.0 Å². The van der Waals surface area contributed by atoms with Crippen molar-refractivity contribution in [2.24, 2.45) is 0 Å². The van der Waals surface area contributed by atoms with Gasteiger partial charge < -0.3 is 15.5 Å². The number of fused-ring (bicyclic) bond motifs is 4. The fourth-order valence-electron chi connectivity index (χ4n) is 7.16. The molecule has 0 aliphatic heterocycles. The minimum absolute atomic E-state index is 0.0867. The molecule has 7 aromatic rings. The third kappa shape index (κ3) is 6.11. The van der Waals surface area contributed by atoms with E-state index >= 15 is 0 Å². The molecule has 0 atom stereocenters. The molecule has 2 aliphatic rings. The van der Waals surface area contributed by atoms with Gasteiger partial charge in [0.05, 0.1) is 22.5 Å². The molecule has 1 heterocycles. The van der Waals surface area contributed by atoms with Crippen LogP contribution in [0.25, 0.3) is 0 Å². The summed E-state index contributed by atoms with van der Waals surface area (Å²) in [5.41, 5.74) is 5.05. The van der Waals surface area contributed by atoms with Gasteiger partial charge in [-0.2, -0.15) is 15.0 Å². The molecular formula is C45H30N6O4. The van der Waals surface area contributed by atoms with Gasteiger partial charge >= 0.3 is 0 Å². The number of rotatable bonds is 9. The summed E-state index contributed by atoms with van der Waals surface area (Å²) in [5, 5.41) is 6.46. The Morgan fingerprint density at radius 2 is 0.745 bits per heavy atom. The summed E-state index contributed by atoms with van der Waals surface area (Å²) >= 11 is 0. The molecule has 2 N–H and O–H groups in total. The molecule has 0 radical (unpaired) electrons. The van der Waals surface area contributed by atoms with Crippen LogP contribution >= 0.6 is 0 Å². The predicted octanol–water partition coefficient (Wildman–Crippen LogP) is 8.12. The second-order valence-corrected chi connectivity index (χ2v) is 13.2. The summed E-state index contributed by atoms with van der Waals surface area (Å²) in [5.74, 6) is -0.626. The van der Waals surface area contributed by atoms with E-state index in [9.17, 15) is 19.2 Å².